The van der Waals surface area contributed by atoms with E-state index < -0.39 is 35.1 Å². The van der Waals surface area contributed by atoms with Crippen molar-refractivity contribution in [3.8, 4) is 0 Å². The van der Waals surface area contributed by atoms with Gasteiger partial charge in [-0.1, -0.05) is 0 Å². The summed E-state index contributed by atoms with van der Waals surface area (Å²) in [5.74, 6) is -1.46. The van der Waals surface area contributed by atoms with Crippen molar-refractivity contribution >= 4 is 22.8 Å². The van der Waals surface area contributed by atoms with E-state index in [0.29, 0.717) is 0 Å². The lowest BCUT2D eigenvalue weighted by Crippen LogP contribution is -2.41. The minimum atomic E-state index is -4.55. The van der Waals surface area contributed by atoms with Crippen LogP contribution in [0.4, 0.5) is 13.2 Å². The first-order chi connectivity index (χ1) is 12.6. The van der Waals surface area contributed by atoms with Gasteiger partial charge in [-0.3, -0.25) is 9.59 Å². The second-order valence-electron chi connectivity index (χ2n) is 5.83. The predicted molar refractivity (Wildman–Crippen MR) is 92.4 cm³/mol. The van der Waals surface area contributed by atoms with Crippen LogP contribution in [0, 0.1) is 0 Å². The zero-order valence-corrected chi connectivity index (χ0v) is 15.0. The lowest BCUT2D eigenvalue weighted by atomic mass is 10.1. The minimum absolute atomic E-state index is 0.0127. The van der Waals surface area contributed by atoms with Crippen LogP contribution in [0.15, 0.2) is 29.2 Å². The molecule has 146 valence electrons. The monoisotopic (exact) mass is 384 g/mol. The summed E-state index contributed by atoms with van der Waals surface area (Å²) in [5, 5.41) is 2.35. The van der Waals surface area contributed by atoms with E-state index in [0.717, 1.165) is 18.2 Å². The first-order valence-corrected chi connectivity index (χ1v) is 8.32. The molecule has 0 aliphatic rings. The van der Waals surface area contributed by atoms with Gasteiger partial charge in [0.15, 0.2) is 0 Å². The van der Waals surface area contributed by atoms with Gasteiger partial charge in [-0.25, -0.2) is 4.79 Å². The Morgan fingerprint density at radius 2 is 1.93 bits per heavy atom. The Hall–Kier alpha value is -2.84. The molecule has 1 N–H and O–H groups in total. The van der Waals surface area contributed by atoms with Crippen molar-refractivity contribution in [3.05, 3.63) is 45.7 Å². The number of nitrogens with one attached hydrogen (secondary N) is 1. The number of pyridine rings is 1. The molecular weight excluding hydrogens is 365 g/mol. The van der Waals surface area contributed by atoms with Gasteiger partial charge in [-0.05, 0) is 39.0 Å². The number of esters is 1. The van der Waals surface area contributed by atoms with E-state index in [1.807, 2.05) is 0 Å². The Kier molecular flexibility index (Phi) is 5.92. The third-order valence-electron chi connectivity index (χ3n) is 3.98. The molecule has 2 rings (SSSR count). The molecule has 0 saturated carbocycles. The van der Waals surface area contributed by atoms with Gasteiger partial charge in [0.1, 0.15) is 11.6 Å². The number of nitrogens with zero attached hydrogens (tertiary/aromatic N) is 1. The lowest BCUT2D eigenvalue weighted by Gasteiger charge is -2.16. The normalized spacial score (nSPS) is 12.7. The topological polar surface area (TPSA) is 77.4 Å². The molecule has 1 amide bonds. The smallest absolute Gasteiger partial charge is 0.416 e. The Morgan fingerprint density at radius 1 is 1.26 bits per heavy atom. The third kappa shape index (κ3) is 4.29. The minimum Gasteiger partial charge on any atom is -0.464 e. The molecule has 9 heteroatoms. The van der Waals surface area contributed by atoms with Crippen LogP contribution in [0.5, 0.6) is 0 Å². The summed E-state index contributed by atoms with van der Waals surface area (Å²) in [6.45, 7) is 5.08. The highest BCUT2D eigenvalue weighted by Crippen LogP contribution is 2.31. The lowest BCUT2D eigenvalue weighted by molar-refractivity contribution is -0.145. The molecule has 2 aromatic rings. The maximum absolute atomic E-state index is 12.9. The zero-order chi connectivity index (χ0) is 20.4. The first-order valence-electron chi connectivity index (χ1n) is 8.32. The molecule has 6 nitrogen and oxygen atoms in total. The number of alkyl halides is 3. The molecule has 0 unspecified atom stereocenters. The number of amides is 1. The maximum atomic E-state index is 12.9. The van der Waals surface area contributed by atoms with Crippen molar-refractivity contribution in [1.29, 1.82) is 0 Å². The Morgan fingerprint density at radius 3 is 2.48 bits per heavy atom. The Labute approximate surface area is 152 Å². The Balaban J connectivity index is 2.50. The van der Waals surface area contributed by atoms with Crippen LogP contribution in [0.3, 0.4) is 0 Å². The van der Waals surface area contributed by atoms with Gasteiger partial charge in [0.25, 0.3) is 5.91 Å². The molecule has 0 radical (unpaired) electrons. The highest BCUT2D eigenvalue weighted by Gasteiger charge is 2.31. The van der Waals surface area contributed by atoms with Crippen molar-refractivity contribution in [2.75, 3.05) is 6.61 Å². The summed E-state index contributed by atoms with van der Waals surface area (Å²) >= 11 is 0. The third-order valence-corrected chi connectivity index (χ3v) is 3.98. The van der Waals surface area contributed by atoms with E-state index in [1.165, 1.54) is 17.7 Å². The van der Waals surface area contributed by atoms with Crippen molar-refractivity contribution in [2.45, 2.75) is 39.5 Å². The average Bonchev–Trinajstić information content (AvgIpc) is 2.61. The number of aromatic nitrogens is 1. The van der Waals surface area contributed by atoms with Crippen LogP contribution < -0.4 is 10.7 Å². The standard InChI is InChI=1S/C18H19F3N2O4/c1-4-23-9-13(16(25)22-10(3)17(26)27-5-2)15(24)12-7-6-11(8-14(12)23)18(19,20)21/h6-10H,4-5H2,1-3H3,(H,22,25)/t10-/m0/s1. The molecule has 0 aliphatic heterocycles. The highest BCUT2D eigenvalue weighted by molar-refractivity contribution is 5.99. The van der Waals surface area contributed by atoms with Crippen LogP contribution in [0.25, 0.3) is 10.9 Å². The molecule has 0 spiro atoms. The second kappa shape index (κ2) is 7.81. The molecule has 27 heavy (non-hydrogen) atoms. The number of aryl methyl sites for hydroxylation is 1. The fourth-order valence-corrected chi connectivity index (χ4v) is 2.59. The number of carbonyl (C=O) groups excluding carboxylic acids is 2. The largest absolute Gasteiger partial charge is 0.464 e. The summed E-state index contributed by atoms with van der Waals surface area (Å²) in [6, 6.07) is 1.75. The molecule has 1 heterocycles. The molecular formula is C18H19F3N2O4. The summed E-state index contributed by atoms with van der Waals surface area (Å²) in [5.41, 5.74) is -1.78. The average molecular weight is 384 g/mol. The molecule has 0 saturated heterocycles. The molecule has 1 aromatic heterocycles. The fraction of sp³-hybridized carbons (Fsp3) is 0.389. The molecule has 1 atom stereocenters. The van der Waals surface area contributed by atoms with Gasteiger partial charge in [0, 0.05) is 18.1 Å². The fourth-order valence-electron chi connectivity index (χ4n) is 2.59. The SMILES string of the molecule is CCOC(=O)[C@H](C)NC(=O)c1cn(CC)c2cc(C(F)(F)F)ccc2c1=O. The van der Waals surface area contributed by atoms with E-state index in [9.17, 15) is 27.6 Å². The molecule has 1 aromatic carbocycles. The van der Waals surface area contributed by atoms with Crippen LogP contribution in [0.2, 0.25) is 0 Å². The highest BCUT2D eigenvalue weighted by atomic mass is 19.4. The number of fused-ring (bicyclic) bond motifs is 1. The number of ether oxygens (including phenoxy) is 1. The van der Waals surface area contributed by atoms with Gasteiger partial charge in [-0.15, -0.1) is 0 Å². The van der Waals surface area contributed by atoms with Gasteiger partial charge < -0.3 is 14.6 Å². The number of hydrogen-bond acceptors (Lipinski definition) is 4. The van der Waals surface area contributed by atoms with Crippen LogP contribution in [0.1, 0.15) is 36.7 Å². The molecule has 0 fully saturated rings. The van der Waals surface area contributed by atoms with E-state index in [-0.39, 0.29) is 29.6 Å². The number of hydrogen-bond donors (Lipinski definition) is 1. The van der Waals surface area contributed by atoms with Gasteiger partial charge >= 0.3 is 12.1 Å². The zero-order valence-electron chi connectivity index (χ0n) is 15.0. The number of rotatable bonds is 5. The van der Waals surface area contributed by atoms with Crippen LogP contribution in [-0.2, 0) is 22.3 Å². The van der Waals surface area contributed by atoms with Crippen molar-refractivity contribution < 1.29 is 27.5 Å². The maximum Gasteiger partial charge on any atom is 0.416 e. The quantitative estimate of drug-likeness (QED) is 0.805. The number of carbonyl (C=O) groups is 2. The summed E-state index contributed by atoms with van der Waals surface area (Å²) in [6.07, 6.45) is -3.36. The number of halogens is 3. The van der Waals surface area contributed by atoms with Gasteiger partial charge in [0.2, 0.25) is 5.43 Å². The Bertz CT molecular complexity index is 935. The van der Waals surface area contributed by atoms with E-state index in [1.54, 1.807) is 13.8 Å². The second-order valence-corrected chi connectivity index (χ2v) is 5.83. The predicted octanol–water partition coefficient (Wildman–Crippen LogP) is 2.72. The van der Waals surface area contributed by atoms with Crippen molar-refractivity contribution in [1.82, 2.24) is 9.88 Å². The summed E-state index contributed by atoms with van der Waals surface area (Å²) in [7, 11) is 0. The summed E-state index contributed by atoms with van der Waals surface area (Å²) in [4.78, 5) is 36.6. The van der Waals surface area contributed by atoms with Crippen LogP contribution in [-0.4, -0.2) is 29.1 Å². The molecule has 0 aliphatic carbocycles. The first kappa shape index (κ1) is 20.5. The molecule has 0 bridgehead atoms. The van der Waals surface area contributed by atoms with E-state index >= 15 is 0 Å². The van der Waals surface area contributed by atoms with Crippen molar-refractivity contribution in [2.24, 2.45) is 0 Å². The number of benzene rings is 1. The van der Waals surface area contributed by atoms with E-state index in [4.69, 9.17) is 4.74 Å². The summed E-state index contributed by atoms with van der Waals surface area (Å²) < 4.78 is 45.0. The van der Waals surface area contributed by atoms with Crippen molar-refractivity contribution in [3.63, 3.8) is 0 Å². The van der Waals surface area contributed by atoms with Gasteiger partial charge in [0.05, 0.1) is 17.7 Å². The van der Waals surface area contributed by atoms with Crippen LogP contribution >= 0.6 is 0 Å². The van der Waals surface area contributed by atoms with E-state index in [2.05, 4.69) is 5.32 Å². The van der Waals surface area contributed by atoms with Gasteiger partial charge in [-0.2, -0.15) is 13.2 Å².